The Kier molecular flexibility index (Phi) is 5.46. The average Bonchev–Trinajstić information content (AvgIpc) is 1.99. The van der Waals surface area contributed by atoms with E-state index in [4.69, 9.17) is 10.5 Å². The fourth-order valence-corrected chi connectivity index (χ4v) is 0.673. The van der Waals surface area contributed by atoms with Crippen LogP contribution in [-0.4, -0.2) is 32.3 Å². The normalized spacial score (nSPS) is 16.4. The van der Waals surface area contributed by atoms with Crippen LogP contribution in [0.15, 0.2) is 0 Å². The van der Waals surface area contributed by atoms with Crippen molar-refractivity contribution in [3.05, 3.63) is 0 Å². The number of nitrogens with one attached hydrogen (secondary N) is 1. The molecule has 0 aliphatic heterocycles. The van der Waals surface area contributed by atoms with Crippen molar-refractivity contribution < 1.29 is 4.74 Å². The molecule has 0 fully saturated rings. The van der Waals surface area contributed by atoms with Crippen LogP contribution in [0.1, 0.15) is 20.3 Å². The molecule has 68 valence electrons. The molecule has 0 bridgehead atoms. The van der Waals surface area contributed by atoms with Crippen molar-refractivity contribution in [3.63, 3.8) is 0 Å². The predicted molar refractivity (Wildman–Crippen MR) is 47.6 cm³/mol. The summed E-state index contributed by atoms with van der Waals surface area (Å²) in [5, 5.41) is 3.23. The highest BCUT2D eigenvalue weighted by Gasteiger charge is 2.13. The number of hydrogen-bond acceptors (Lipinski definition) is 3. The molecule has 0 aromatic heterocycles. The summed E-state index contributed by atoms with van der Waals surface area (Å²) in [7, 11) is 1.70. The van der Waals surface area contributed by atoms with E-state index in [-0.39, 0.29) is 5.54 Å². The molecule has 0 saturated heterocycles. The Morgan fingerprint density at radius 2 is 2.18 bits per heavy atom. The highest BCUT2D eigenvalue weighted by Crippen LogP contribution is 2.01. The third kappa shape index (κ3) is 6.28. The topological polar surface area (TPSA) is 47.3 Å². The maximum Gasteiger partial charge on any atom is 0.0587 e. The summed E-state index contributed by atoms with van der Waals surface area (Å²) in [6, 6.07) is 0. The van der Waals surface area contributed by atoms with E-state index in [1.165, 1.54) is 0 Å². The molecule has 0 amide bonds. The second-order valence-electron chi connectivity index (χ2n) is 3.18. The molecule has 0 spiro atoms. The zero-order chi connectivity index (χ0) is 8.74. The highest BCUT2D eigenvalue weighted by molar-refractivity contribution is 4.78. The minimum Gasteiger partial charge on any atom is -0.383 e. The lowest BCUT2D eigenvalue weighted by Gasteiger charge is -2.22. The maximum absolute atomic E-state index is 5.89. The molecule has 3 heteroatoms. The van der Waals surface area contributed by atoms with E-state index in [9.17, 15) is 0 Å². The van der Waals surface area contributed by atoms with Crippen LogP contribution in [0.4, 0.5) is 0 Å². The van der Waals surface area contributed by atoms with Crippen molar-refractivity contribution in [3.8, 4) is 0 Å². The Morgan fingerprint density at radius 3 is 2.64 bits per heavy atom. The first-order chi connectivity index (χ1) is 5.12. The number of nitrogens with two attached hydrogens (primary N) is 1. The fraction of sp³-hybridized carbons (Fsp3) is 1.00. The van der Waals surface area contributed by atoms with Crippen LogP contribution in [0.25, 0.3) is 0 Å². The van der Waals surface area contributed by atoms with E-state index < -0.39 is 0 Å². The summed E-state index contributed by atoms with van der Waals surface area (Å²) in [6.07, 6.45) is 0.993. The summed E-state index contributed by atoms with van der Waals surface area (Å²) < 4.78 is 4.89. The van der Waals surface area contributed by atoms with Crippen molar-refractivity contribution in [1.29, 1.82) is 0 Å². The quantitative estimate of drug-likeness (QED) is 0.551. The number of methoxy groups -OCH3 is 1. The Morgan fingerprint density at radius 1 is 1.55 bits per heavy atom. The second kappa shape index (κ2) is 5.52. The van der Waals surface area contributed by atoms with Crippen LogP contribution in [0.3, 0.4) is 0 Å². The van der Waals surface area contributed by atoms with Gasteiger partial charge in [0.05, 0.1) is 6.61 Å². The smallest absolute Gasteiger partial charge is 0.0587 e. The van der Waals surface area contributed by atoms with Gasteiger partial charge in [-0.1, -0.05) is 6.92 Å². The van der Waals surface area contributed by atoms with Gasteiger partial charge in [-0.2, -0.15) is 0 Å². The van der Waals surface area contributed by atoms with Crippen molar-refractivity contribution in [1.82, 2.24) is 5.32 Å². The van der Waals surface area contributed by atoms with Gasteiger partial charge in [-0.25, -0.2) is 0 Å². The fourth-order valence-electron chi connectivity index (χ4n) is 0.673. The van der Waals surface area contributed by atoms with Crippen LogP contribution in [0.2, 0.25) is 0 Å². The molecule has 3 N–H and O–H groups in total. The Hall–Kier alpha value is -0.120. The molecule has 1 atom stereocenters. The minimum atomic E-state index is -0.0757. The molecule has 0 aromatic rings. The zero-order valence-corrected chi connectivity index (χ0v) is 7.81. The first-order valence-corrected chi connectivity index (χ1v) is 4.11. The van der Waals surface area contributed by atoms with E-state index in [0.29, 0.717) is 0 Å². The van der Waals surface area contributed by atoms with E-state index in [1.54, 1.807) is 7.11 Å². The number of rotatable bonds is 6. The lowest BCUT2D eigenvalue weighted by molar-refractivity contribution is 0.197. The Balaban J connectivity index is 3.23. The summed E-state index contributed by atoms with van der Waals surface area (Å²) in [5.41, 5.74) is 5.82. The summed E-state index contributed by atoms with van der Waals surface area (Å²) >= 11 is 0. The first-order valence-electron chi connectivity index (χ1n) is 4.11. The SMILES string of the molecule is CCC(C)(N)CNCCOC. The maximum atomic E-state index is 5.89. The molecule has 0 heterocycles. The molecule has 0 aliphatic carbocycles. The van der Waals surface area contributed by atoms with Crippen LogP contribution in [-0.2, 0) is 4.74 Å². The lowest BCUT2D eigenvalue weighted by Crippen LogP contribution is -2.46. The number of hydrogen-bond donors (Lipinski definition) is 2. The number of ether oxygens (including phenoxy) is 1. The van der Waals surface area contributed by atoms with Crippen LogP contribution in [0.5, 0.6) is 0 Å². The molecule has 3 nitrogen and oxygen atoms in total. The minimum absolute atomic E-state index is 0.0757. The van der Waals surface area contributed by atoms with Gasteiger partial charge in [-0.15, -0.1) is 0 Å². The second-order valence-corrected chi connectivity index (χ2v) is 3.18. The third-order valence-corrected chi connectivity index (χ3v) is 1.82. The largest absolute Gasteiger partial charge is 0.383 e. The van der Waals surface area contributed by atoms with Crippen LogP contribution in [0, 0.1) is 0 Å². The molecule has 1 unspecified atom stereocenters. The average molecular weight is 160 g/mol. The zero-order valence-electron chi connectivity index (χ0n) is 7.81. The van der Waals surface area contributed by atoms with E-state index in [0.717, 1.165) is 26.1 Å². The van der Waals surface area contributed by atoms with E-state index >= 15 is 0 Å². The standard InChI is InChI=1S/C8H20N2O/c1-4-8(2,9)7-10-5-6-11-3/h10H,4-7,9H2,1-3H3. The van der Waals surface area contributed by atoms with Gasteiger partial charge in [0.2, 0.25) is 0 Å². The van der Waals surface area contributed by atoms with Crippen molar-refractivity contribution in [2.45, 2.75) is 25.8 Å². The molecular formula is C8H20N2O. The molecule has 0 radical (unpaired) electrons. The van der Waals surface area contributed by atoms with Gasteiger partial charge < -0.3 is 15.8 Å². The Bertz CT molecular complexity index is 94.1. The molecule has 0 aliphatic rings. The molecular weight excluding hydrogens is 140 g/mol. The van der Waals surface area contributed by atoms with Gasteiger partial charge in [-0.3, -0.25) is 0 Å². The summed E-state index contributed by atoms with van der Waals surface area (Å²) in [6.45, 7) is 6.63. The van der Waals surface area contributed by atoms with Gasteiger partial charge in [0, 0.05) is 25.7 Å². The monoisotopic (exact) mass is 160 g/mol. The highest BCUT2D eigenvalue weighted by atomic mass is 16.5. The molecule has 11 heavy (non-hydrogen) atoms. The van der Waals surface area contributed by atoms with Crippen molar-refractivity contribution in [2.75, 3.05) is 26.8 Å². The van der Waals surface area contributed by atoms with Gasteiger partial charge >= 0.3 is 0 Å². The van der Waals surface area contributed by atoms with E-state index in [2.05, 4.69) is 12.2 Å². The van der Waals surface area contributed by atoms with Crippen LogP contribution >= 0.6 is 0 Å². The van der Waals surface area contributed by atoms with Crippen LogP contribution < -0.4 is 11.1 Å². The molecule has 0 saturated carbocycles. The lowest BCUT2D eigenvalue weighted by atomic mass is 10.0. The van der Waals surface area contributed by atoms with Gasteiger partial charge in [0.1, 0.15) is 0 Å². The van der Waals surface area contributed by atoms with Gasteiger partial charge in [0.25, 0.3) is 0 Å². The van der Waals surface area contributed by atoms with Crippen molar-refractivity contribution >= 4 is 0 Å². The Labute approximate surface area is 69.3 Å². The summed E-state index contributed by atoms with van der Waals surface area (Å²) in [4.78, 5) is 0. The van der Waals surface area contributed by atoms with Gasteiger partial charge in [-0.05, 0) is 13.3 Å². The predicted octanol–water partition coefficient (Wildman–Crippen LogP) is 0.350. The first kappa shape index (κ1) is 10.9. The van der Waals surface area contributed by atoms with Gasteiger partial charge in [0.15, 0.2) is 0 Å². The molecule has 0 aromatic carbocycles. The van der Waals surface area contributed by atoms with Crippen molar-refractivity contribution in [2.24, 2.45) is 5.73 Å². The summed E-state index contributed by atoms with van der Waals surface area (Å²) in [5.74, 6) is 0. The van der Waals surface area contributed by atoms with E-state index in [1.807, 2.05) is 6.92 Å². The third-order valence-electron chi connectivity index (χ3n) is 1.82. The molecule has 0 rings (SSSR count).